The van der Waals surface area contributed by atoms with Crippen molar-refractivity contribution in [3.05, 3.63) is 0 Å². The molecule has 7 heavy (non-hydrogen) atoms. The number of rotatable bonds is 2. The van der Waals surface area contributed by atoms with E-state index in [0.717, 1.165) is 0 Å². The van der Waals surface area contributed by atoms with E-state index in [1.807, 2.05) is 6.92 Å². The molecule has 0 saturated carbocycles. The van der Waals surface area contributed by atoms with Gasteiger partial charge in [0.25, 0.3) is 0 Å². The molecule has 0 aliphatic rings. The molecule has 0 fully saturated rings. The van der Waals surface area contributed by atoms with Crippen molar-refractivity contribution in [2.75, 3.05) is 13.3 Å². The van der Waals surface area contributed by atoms with Gasteiger partial charge < -0.3 is 4.52 Å². The van der Waals surface area contributed by atoms with Gasteiger partial charge >= 0.3 is 29.6 Å². The molecular weight excluding hydrogens is 122 g/mol. The van der Waals surface area contributed by atoms with Crippen LogP contribution < -0.4 is 0 Å². The minimum atomic E-state index is -1.62. The first-order valence-corrected chi connectivity index (χ1v) is 3.40. The van der Waals surface area contributed by atoms with E-state index in [1.165, 1.54) is 7.11 Å². The summed E-state index contributed by atoms with van der Waals surface area (Å²) in [4.78, 5) is 0. The van der Waals surface area contributed by atoms with Gasteiger partial charge in [0.2, 0.25) is 0 Å². The van der Waals surface area contributed by atoms with Gasteiger partial charge in [0.15, 0.2) is 8.03 Å². The Morgan fingerprint density at radius 1 is 1.71 bits per heavy atom. The van der Waals surface area contributed by atoms with Crippen molar-refractivity contribution in [2.45, 2.75) is 6.92 Å². The molecule has 0 bridgehead atoms. The summed E-state index contributed by atoms with van der Waals surface area (Å²) >= 11 is 0. The fourth-order valence-electron chi connectivity index (χ4n) is 0.144. The molecule has 0 saturated heterocycles. The van der Waals surface area contributed by atoms with E-state index < -0.39 is 8.03 Å². The summed E-state index contributed by atoms with van der Waals surface area (Å²) in [6.45, 7) is 1.84. The van der Waals surface area contributed by atoms with Crippen molar-refractivity contribution < 1.29 is 9.09 Å². The fraction of sp³-hybridized carbons (Fsp3) is 1.00. The van der Waals surface area contributed by atoms with Gasteiger partial charge in [-0.25, -0.2) is 0 Å². The molecule has 0 aliphatic carbocycles. The average molecular weight is 132 g/mol. The predicted octanol–water partition coefficient (Wildman–Crippen LogP) is 0.479. The Labute approximate surface area is 66.8 Å². The second-order valence-corrected chi connectivity index (χ2v) is 2.79. The molecule has 1 unspecified atom stereocenters. The van der Waals surface area contributed by atoms with E-state index in [2.05, 4.69) is 4.52 Å². The first-order chi connectivity index (χ1) is 2.81. The van der Waals surface area contributed by atoms with Gasteiger partial charge in [0.1, 0.15) is 0 Å². The SMILES string of the molecule is CC[PH](=O)OC.[NaH]. The van der Waals surface area contributed by atoms with Gasteiger partial charge in [-0.3, -0.25) is 4.57 Å². The normalized spacial score (nSPS) is 12.3. The topological polar surface area (TPSA) is 26.3 Å². The molecule has 0 aromatic carbocycles. The van der Waals surface area contributed by atoms with Crippen LogP contribution in [0, 0.1) is 0 Å². The average Bonchev–Trinajstić information content (AvgIpc) is 1.65. The second kappa shape index (κ2) is 7.19. The Hall–Kier alpha value is 1.19. The van der Waals surface area contributed by atoms with Gasteiger partial charge in [-0.15, -0.1) is 0 Å². The molecule has 0 amide bonds. The van der Waals surface area contributed by atoms with Crippen LogP contribution in [0.2, 0.25) is 0 Å². The summed E-state index contributed by atoms with van der Waals surface area (Å²) in [5.41, 5.74) is 0. The molecule has 0 spiro atoms. The zero-order valence-corrected chi connectivity index (χ0v) is 5.02. The first-order valence-electron chi connectivity index (χ1n) is 1.88. The van der Waals surface area contributed by atoms with Crippen molar-refractivity contribution in [1.29, 1.82) is 0 Å². The van der Waals surface area contributed by atoms with Crippen LogP contribution in [0.1, 0.15) is 6.92 Å². The second-order valence-electron chi connectivity index (χ2n) is 0.930. The number of hydrogen-bond donors (Lipinski definition) is 0. The van der Waals surface area contributed by atoms with Crippen LogP contribution in [0.15, 0.2) is 0 Å². The van der Waals surface area contributed by atoms with Gasteiger partial charge in [0.05, 0.1) is 0 Å². The summed E-state index contributed by atoms with van der Waals surface area (Å²) in [5, 5.41) is 0. The quantitative estimate of drug-likeness (QED) is 0.403. The summed E-state index contributed by atoms with van der Waals surface area (Å²) < 4.78 is 14.6. The van der Waals surface area contributed by atoms with Crippen LogP contribution in [0.4, 0.5) is 0 Å². The van der Waals surface area contributed by atoms with Crippen LogP contribution in [-0.4, -0.2) is 42.8 Å². The zero-order chi connectivity index (χ0) is 4.99. The van der Waals surface area contributed by atoms with Gasteiger partial charge in [-0.05, 0) is 0 Å². The van der Waals surface area contributed by atoms with Crippen molar-refractivity contribution in [3.63, 3.8) is 0 Å². The molecule has 1 atom stereocenters. The molecule has 4 heteroatoms. The van der Waals surface area contributed by atoms with Crippen LogP contribution in [-0.2, 0) is 9.09 Å². The van der Waals surface area contributed by atoms with E-state index in [0.29, 0.717) is 6.16 Å². The van der Waals surface area contributed by atoms with E-state index in [-0.39, 0.29) is 29.6 Å². The van der Waals surface area contributed by atoms with E-state index >= 15 is 0 Å². The zero-order valence-electron chi connectivity index (χ0n) is 4.02. The Kier molecular flexibility index (Phi) is 11.3. The van der Waals surface area contributed by atoms with Gasteiger partial charge in [-0.1, -0.05) is 6.92 Å². The summed E-state index contributed by atoms with van der Waals surface area (Å²) in [5.74, 6) is 0. The van der Waals surface area contributed by atoms with Crippen molar-refractivity contribution >= 4 is 37.6 Å². The third kappa shape index (κ3) is 7.19. The third-order valence-electron chi connectivity index (χ3n) is 0.516. The molecule has 0 heterocycles. The third-order valence-corrected chi connectivity index (χ3v) is 1.55. The van der Waals surface area contributed by atoms with Crippen molar-refractivity contribution in [1.82, 2.24) is 0 Å². The molecule has 0 aromatic heterocycles. The van der Waals surface area contributed by atoms with Crippen molar-refractivity contribution in [2.24, 2.45) is 0 Å². The van der Waals surface area contributed by atoms with Crippen LogP contribution in [0.25, 0.3) is 0 Å². The summed E-state index contributed by atoms with van der Waals surface area (Å²) in [6, 6.07) is 0. The molecule has 0 N–H and O–H groups in total. The maximum absolute atomic E-state index is 10.1. The Bertz CT molecular complexity index is 50.9. The molecule has 0 aromatic rings. The number of hydrogen-bond acceptors (Lipinski definition) is 2. The molecular formula is C3H10NaO2P. The van der Waals surface area contributed by atoms with Crippen molar-refractivity contribution in [3.8, 4) is 0 Å². The summed E-state index contributed by atoms with van der Waals surface area (Å²) in [7, 11) is -0.155. The minimum absolute atomic E-state index is 0. The Morgan fingerprint density at radius 2 is 2.14 bits per heavy atom. The van der Waals surface area contributed by atoms with Crippen LogP contribution in [0.5, 0.6) is 0 Å². The fourth-order valence-corrected chi connectivity index (χ4v) is 0.433. The molecule has 0 radical (unpaired) electrons. The monoisotopic (exact) mass is 132 g/mol. The molecule has 0 rings (SSSR count). The van der Waals surface area contributed by atoms with Gasteiger partial charge in [-0.2, -0.15) is 0 Å². The van der Waals surface area contributed by atoms with Gasteiger partial charge in [0, 0.05) is 13.3 Å². The Balaban J connectivity index is 0. The standard InChI is InChI=1S/C3H9O2P.Na.H/c1-3-6(4)5-2;;/h6H,3H2,1-2H3;;. The van der Waals surface area contributed by atoms with Crippen LogP contribution in [0.3, 0.4) is 0 Å². The summed E-state index contributed by atoms with van der Waals surface area (Å²) in [6.07, 6.45) is 0.654. The molecule has 0 aliphatic heterocycles. The molecule has 40 valence electrons. The van der Waals surface area contributed by atoms with E-state index in [1.54, 1.807) is 0 Å². The van der Waals surface area contributed by atoms with Crippen LogP contribution >= 0.6 is 8.03 Å². The van der Waals surface area contributed by atoms with E-state index in [9.17, 15) is 4.57 Å². The first kappa shape index (κ1) is 11.0. The Morgan fingerprint density at radius 3 is 2.14 bits per heavy atom. The molecule has 2 nitrogen and oxygen atoms in total. The van der Waals surface area contributed by atoms with E-state index in [4.69, 9.17) is 0 Å². The maximum atomic E-state index is 10.1. The predicted molar refractivity (Wildman–Crippen MR) is 33.7 cm³/mol.